The lowest BCUT2D eigenvalue weighted by atomic mass is 9.87. The van der Waals surface area contributed by atoms with Crippen LogP contribution >= 0.6 is 0 Å². The standard InChI is InChI=1S/C23H26N2/c1-16-12-14-17(15-13-16)20-22-21(18-8-4-2-5-9-18)25(22)23(24-20)19-10-6-3-7-11-19/h2,4-5,8-9,12-15,19,21-23H,3,6-7,10-11H2,1H3/t21-,22+,23+,25?/m1/s1. The molecule has 1 unspecified atom stereocenters. The molecule has 1 aliphatic carbocycles. The van der Waals surface area contributed by atoms with Crippen molar-refractivity contribution in [1.29, 1.82) is 0 Å². The highest BCUT2D eigenvalue weighted by atomic mass is 15.5. The summed E-state index contributed by atoms with van der Waals surface area (Å²) in [6, 6.07) is 21.0. The van der Waals surface area contributed by atoms with E-state index in [9.17, 15) is 0 Å². The first kappa shape index (κ1) is 15.3. The Bertz CT molecular complexity index is 771. The van der Waals surface area contributed by atoms with Gasteiger partial charge in [0.2, 0.25) is 0 Å². The number of benzene rings is 2. The molecule has 2 aromatic rings. The van der Waals surface area contributed by atoms with Crippen molar-refractivity contribution < 1.29 is 0 Å². The van der Waals surface area contributed by atoms with Crippen LogP contribution in [-0.2, 0) is 0 Å². The minimum Gasteiger partial charge on any atom is -0.268 e. The van der Waals surface area contributed by atoms with Crippen LogP contribution in [0.15, 0.2) is 59.6 Å². The molecule has 2 fully saturated rings. The Morgan fingerprint density at radius 3 is 2.28 bits per heavy atom. The molecule has 3 aliphatic rings. The van der Waals surface area contributed by atoms with Crippen LogP contribution in [0.25, 0.3) is 0 Å². The van der Waals surface area contributed by atoms with Gasteiger partial charge in [-0.3, -0.25) is 9.89 Å². The maximum atomic E-state index is 5.26. The highest BCUT2D eigenvalue weighted by molar-refractivity contribution is 6.08. The number of aryl methyl sites for hydroxylation is 1. The Hall–Kier alpha value is -1.93. The van der Waals surface area contributed by atoms with Gasteiger partial charge in [0.1, 0.15) is 6.17 Å². The molecule has 2 aliphatic heterocycles. The predicted molar refractivity (Wildman–Crippen MR) is 103 cm³/mol. The highest BCUT2D eigenvalue weighted by Gasteiger charge is 2.60. The average molecular weight is 330 g/mol. The van der Waals surface area contributed by atoms with Crippen LogP contribution in [-0.4, -0.2) is 22.8 Å². The van der Waals surface area contributed by atoms with E-state index in [2.05, 4.69) is 66.4 Å². The monoisotopic (exact) mass is 330 g/mol. The van der Waals surface area contributed by atoms with Gasteiger partial charge in [0.15, 0.2) is 0 Å². The third kappa shape index (κ3) is 2.64. The molecule has 0 N–H and O–H groups in total. The summed E-state index contributed by atoms with van der Waals surface area (Å²) in [5.74, 6) is 0.743. The SMILES string of the molecule is Cc1ccc(C2=N[C@H](C3CCCCC3)N3[C@H](c4ccccc4)[C@H]23)cc1. The summed E-state index contributed by atoms with van der Waals surface area (Å²) in [5.41, 5.74) is 5.41. The molecule has 1 saturated heterocycles. The normalized spacial score (nSPS) is 31.5. The Kier molecular flexibility index (Phi) is 3.74. The number of rotatable bonds is 3. The largest absolute Gasteiger partial charge is 0.268 e. The van der Waals surface area contributed by atoms with Crippen molar-refractivity contribution in [3.63, 3.8) is 0 Å². The first-order chi connectivity index (χ1) is 12.3. The first-order valence-corrected chi connectivity index (χ1v) is 9.80. The predicted octanol–water partition coefficient (Wildman–Crippen LogP) is 5.13. The molecule has 2 heteroatoms. The molecule has 5 rings (SSSR count). The first-order valence-electron chi connectivity index (χ1n) is 9.80. The van der Waals surface area contributed by atoms with Crippen molar-refractivity contribution in [2.75, 3.05) is 0 Å². The lowest BCUT2D eigenvalue weighted by molar-refractivity contribution is 0.219. The van der Waals surface area contributed by atoms with Crippen molar-refractivity contribution in [2.45, 2.75) is 57.3 Å². The van der Waals surface area contributed by atoms with Crippen molar-refractivity contribution >= 4 is 5.71 Å². The number of nitrogens with zero attached hydrogens (tertiary/aromatic N) is 2. The summed E-state index contributed by atoms with van der Waals surface area (Å²) in [4.78, 5) is 7.94. The third-order valence-electron chi connectivity index (χ3n) is 6.27. The van der Waals surface area contributed by atoms with E-state index in [0.29, 0.717) is 18.2 Å². The molecule has 2 heterocycles. The molecular formula is C23H26N2. The number of aliphatic imine (C=N–C) groups is 1. The van der Waals surface area contributed by atoms with Gasteiger partial charge in [-0.15, -0.1) is 0 Å². The molecule has 25 heavy (non-hydrogen) atoms. The van der Waals surface area contributed by atoms with E-state index in [1.54, 1.807) is 0 Å². The zero-order valence-corrected chi connectivity index (χ0v) is 14.9. The molecule has 1 saturated carbocycles. The van der Waals surface area contributed by atoms with E-state index < -0.39 is 0 Å². The van der Waals surface area contributed by atoms with Gasteiger partial charge in [-0.25, -0.2) is 0 Å². The van der Waals surface area contributed by atoms with E-state index in [-0.39, 0.29) is 0 Å². The van der Waals surface area contributed by atoms with Crippen LogP contribution in [0.2, 0.25) is 0 Å². The van der Waals surface area contributed by atoms with Gasteiger partial charge in [-0.2, -0.15) is 0 Å². The summed E-state index contributed by atoms with van der Waals surface area (Å²) in [7, 11) is 0. The fourth-order valence-electron chi connectivity index (χ4n) is 4.91. The summed E-state index contributed by atoms with van der Waals surface area (Å²) in [6.45, 7) is 2.15. The Morgan fingerprint density at radius 1 is 0.840 bits per heavy atom. The van der Waals surface area contributed by atoms with Gasteiger partial charge in [0, 0.05) is 0 Å². The molecule has 0 radical (unpaired) electrons. The summed E-state index contributed by atoms with van der Waals surface area (Å²) in [5, 5.41) is 0. The minimum atomic E-state index is 0.395. The van der Waals surface area contributed by atoms with Crippen molar-refractivity contribution in [2.24, 2.45) is 10.9 Å². The second-order valence-electron chi connectivity index (χ2n) is 7.94. The second-order valence-corrected chi connectivity index (χ2v) is 7.94. The fraction of sp³-hybridized carbons (Fsp3) is 0.435. The molecule has 0 bridgehead atoms. The van der Waals surface area contributed by atoms with Crippen LogP contribution in [0.1, 0.15) is 54.8 Å². The molecule has 0 spiro atoms. The lowest BCUT2D eigenvalue weighted by Gasteiger charge is -2.28. The summed E-state index contributed by atoms with van der Waals surface area (Å²) < 4.78 is 0. The van der Waals surface area contributed by atoms with Crippen LogP contribution < -0.4 is 0 Å². The number of hydrogen-bond donors (Lipinski definition) is 0. The average Bonchev–Trinajstić information content (AvgIpc) is 3.28. The van der Waals surface area contributed by atoms with Gasteiger partial charge in [0.05, 0.1) is 17.8 Å². The lowest BCUT2D eigenvalue weighted by Crippen LogP contribution is -2.27. The van der Waals surface area contributed by atoms with Crippen LogP contribution in [0.5, 0.6) is 0 Å². The Morgan fingerprint density at radius 2 is 1.56 bits per heavy atom. The molecule has 4 atom stereocenters. The number of fused-ring (bicyclic) bond motifs is 1. The van der Waals surface area contributed by atoms with Crippen LogP contribution in [0, 0.1) is 12.8 Å². The topological polar surface area (TPSA) is 15.4 Å². The molecular weight excluding hydrogens is 304 g/mol. The third-order valence-corrected chi connectivity index (χ3v) is 6.27. The maximum absolute atomic E-state index is 5.26. The van der Waals surface area contributed by atoms with Crippen molar-refractivity contribution in [3.8, 4) is 0 Å². The smallest absolute Gasteiger partial charge is 0.106 e. The molecule has 2 aromatic carbocycles. The van der Waals surface area contributed by atoms with E-state index in [4.69, 9.17) is 4.99 Å². The van der Waals surface area contributed by atoms with Gasteiger partial charge < -0.3 is 0 Å². The van der Waals surface area contributed by atoms with Gasteiger partial charge >= 0.3 is 0 Å². The zero-order valence-electron chi connectivity index (χ0n) is 14.9. The fourth-order valence-corrected chi connectivity index (χ4v) is 4.91. The second kappa shape index (κ2) is 6.10. The quantitative estimate of drug-likeness (QED) is 0.712. The van der Waals surface area contributed by atoms with E-state index in [1.807, 2.05) is 0 Å². The van der Waals surface area contributed by atoms with Crippen molar-refractivity contribution in [3.05, 3.63) is 71.3 Å². The molecule has 0 amide bonds. The van der Waals surface area contributed by atoms with Crippen molar-refractivity contribution in [1.82, 2.24) is 4.90 Å². The van der Waals surface area contributed by atoms with Crippen LogP contribution in [0.3, 0.4) is 0 Å². The summed E-state index contributed by atoms with van der Waals surface area (Å²) in [6.07, 6.45) is 7.26. The van der Waals surface area contributed by atoms with E-state index in [0.717, 1.165) is 5.92 Å². The highest BCUT2D eigenvalue weighted by Crippen LogP contribution is 2.53. The molecule has 2 nitrogen and oxygen atoms in total. The number of hydrogen-bond acceptors (Lipinski definition) is 2. The summed E-state index contributed by atoms with van der Waals surface area (Å²) >= 11 is 0. The minimum absolute atomic E-state index is 0.395. The molecule has 0 aromatic heterocycles. The van der Waals surface area contributed by atoms with E-state index in [1.165, 1.54) is 54.5 Å². The van der Waals surface area contributed by atoms with Gasteiger partial charge in [0.25, 0.3) is 0 Å². The zero-order chi connectivity index (χ0) is 16.8. The Balaban J connectivity index is 1.50. The maximum Gasteiger partial charge on any atom is 0.106 e. The van der Waals surface area contributed by atoms with Crippen LogP contribution in [0.4, 0.5) is 0 Å². The Labute approximate surface area is 150 Å². The van der Waals surface area contributed by atoms with Gasteiger partial charge in [-0.1, -0.05) is 79.4 Å². The molecule has 128 valence electrons. The van der Waals surface area contributed by atoms with Gasteiger partial charge in [-0.05, 0) is 36.8 Å². The van der Waals surface area contributed by atoms with E-state index >= 15 is 0 Å².